The van der Waals surface area contributed by atoms with Crippen molar-refractivity contribution >= 4 is 23.6 Å². The van der Waals surface area contributed by atoms with Gasteiger partial charge in [0.1, 0.15) is 12.4 Å². The molecule has 0 aromatic heterocycles. The predicted molar refractivity (Wildman–Crippen MR) is 134 cm³/mol. The van der Waals surface area contributed by atoms with Crippen molar-refractivity contribution in [1.29, 1.82) is 0 Å². The highest BCUT2D eigenvalue weighted by Gasteiger charge is 2.31. The second-order valence-electron chi connectivity index (χ2n) is 8.38. The number of ether oxygens (including phenoxy) is 1. The molecule has 0 unspecified atom stereocenters. The number of anilines is 1. The first-order valence-corrected chi connectivity index (χ1v) is 11.6. The fourth-order valence-electron chi connectivity index (χ4n) is 3.81. The van der Waals surface area contributed by atoms with Crippen molar-refractivity contribution in [3.63, 3.8) is 0 Å². The predicted octanol–water partition coefficient (Wildman–Crippen LogP) is 3.88. The van der Waals surface area contributed by atoms with Gasteiger partial charge < -0.3 is 15.0 Å². The minimum absolute atomic E-state index is 0.0396. The van der Waals surface area contributed by atoms with Gasteiger partial charge in [-0.1, -0.05) is 60.7 Å². The molecular formula is C28H28FN3O3. The zero-order valence-corrected chi connectivity index (χ0v) is 19.6. The summed E-state index contributed by atoms with van der Waals surface area (Å²) in [5.41, 5.74) is 2.00. The zero-order valence-electron chi connectivity index (χ0n) is 19.6. The lowest BCUT2D eigenvalue weighted by Gasteiger charge is -2.30. The highest BCUT2D eigenvalue weighted by atomic mass is 19.1. The van der Waals surface area contributed by atoms with E-state index in [0.717, 1.165) is 13.0 Å². The van der Waals surface area contributed by atoms with E-state index in [1.807, 2.05) is 25.2 Å². The number of nitrogens with one attached hydrogen (secondary N) is 1. The number of hydrogen-bond acceptors (Lipinski definition) is 4. The first kappa shape index (κ1) is 24.2. The molecule has 3 aromatic rings. The van der Waals surface area contributed by atoms with Gasteiger partial charge in [0, 0.05) is 25.2 Å². The minimum Gasteiger partial charge on any atom is -0.449 e. The number of halogens is 1. The van der Waals surface area contributed by atoms with E-state index in [2.05, 4.69) is 22.3 Å². The Balaban J connectivity index is 1.36. The molecule has 0 radical (unpaired) electrons. The first-order chi connectivity index (χ1) is 17.0. The van der Waals surface area contributed by atoms with Gasteiger partial charge in [0.15, 0.2) is 11.5 Å². The van der Waals surface area contributed by atoms with Gasteiger partial charge in [-0.25, -0.2) is 4.39 Å². The second kappa shape index (κ2) is 11.4. The molecule has 1 aliphatic heterocycles. The molecule has 35 heavy (non-hydrogen) atoms. The number of para-hydroxylation sites is 2. The summed E-state index contributed by atoms with van der Waals surface area (Å²) in [5, 5.41) is 2.89. The van der Waals surface area contributed by atoms with Crippen LogP contribution in [0.1, 0.15) is 11.1 Å². The van der Waals surface area contributed by atoms with Gasteiger partial charge in [-0.15, -0.1) is 0 Å². The third kappa shape index (κ3) is 6.33. The van der Waals surface area contributed by atoms with Crippen molar-refractivity contribution in [2.75, 3.05) is 38.1 Å². The molecule has 4 rings (SSSR count). The van der Waals surface area contributed by atoms with Crippen LogP contribution < -0.4 is 15.0 Å². The Morgan fingerprint density at radius 1 is 1.00 bits per heavy atom. The maximum absolute atomic E-state index is 14.1. The lowest BCUT2D eigenvalue weighted by Crippen LogP contribution is -2.45. The summed E-state index contributed by atoms with van der Waals surface area (Å²) in [6.45, 7) is 1.85. The standard InChI is InChI=1S/C28H28FN3O3/c1-31(17-15-21-9-3-2-4-10-21)18-16-30-27(33)20-32-24-13-7-8-14-25(24)35-26(28(32)34)19-22-11-5-6-12-23(22)29/h2-14,19H,15-18,20H2,1H3,(H,30,33). The highest BCUT2D eigenvalue weighted by molar-refractivity contribution is 6.12. The Morgan fingerprint density at radius 2 is 1.71 bits per heavy atom. The molecule has 0 aliphatic carbocycles. The third-order valence-corrected chi connectivity index (χ3v) is 5.77. The molecule has 6 nitrogen and oxygen atoms in total. The summed E-state index contributed by atoms with van der Waals surface area (Å²) in [6, 6.07) is 23.4. The molecule has 3 aromatic carbocycles. The highest BCUT2D eigenvalue weighted by Crippen LogP contribution is 2.35. The first-order valence-electron chi connectivity index (χ1n) is 11.6. The number of benzene rings is 3. The molecule has 0 fully saturated rings. The molecule has 0 saturated heterocycles. The van der Waals surface area contributed by atoms with E-state index >= 15 is 0 Å². The van der Waals surface area contributed by atoms with Crippen LogP contribution in [0.25, 0.3) is 6.08 Å². The van der Waals surface area contributed by atoms with Crippen LogP contribution in [0.4, 0.5) is 10.1 Å². The molecule has 0 spiro atoms. The summed E-state index contributed by atoms with van der Waals surface area (Å²) in [5.74, 6) is -0.847. The van der Waals surface area contributed by atoms with E-state index in [1.165, 1.54) is 22.6 Å². The van der Waals surface area contributed by atoms with Crippen LogP contribution >= 0.6 is 0 Å². The van der Waals surface area contributed by atoms with Crippen LogP contribution in [0.2, 0.25) is 0 Å². The fourth-order valence-corrected chi connectivity index (χ4v) is 3.81. The summed E-state index contributed by atoms with van der Waals surface area (Å²) >= 11 is 0. The van der Waals surface area contributed by atoms with Gasteiger partial charge >= 0.3 is 0 Å². The summed E-state index contributed by atoms with van der Waals surface area (Å²) < 4.78 is 19.9. The molecule has 1 aliphatic rings. The number of likely N-dealkylation sites (N-methyl/N-ethyl adjacent to an activating group) is 1. The van der Waals surface area contributed by atoms with E-state index in [9.17, 15) is 14.0 Å². The van der Waals surface area contributed by atoms with Gasteiger partial charge in [-0.05, 0) is 43.3 Å². The van der Waals surface area contributed by atoms with Crippen molar-refractivity contribution < 1.29 is 18.7 Å². The summed E-state index contributed by atoms with van der Waals surface area (Å²) in [4.78, 5) is 29.4. The van der Waals surface area contributed by atoms with E-state index in [1.54, 1.807) is 42.5 Å². The topological polar surface area (TPSA) is 61.9 Å². The number of fused-ring (bicyclic) bond motifs is 1. The summed E-state index contributed by atoms with van der Waals surface area (Å²) in [6.07, 6.45) is 2.29. The van der Waals surface area contributed by atoms with Crippen molar-refractivity contribution in [3.05, 3.63) is 102 Å². The van der Waals surface area contributed by atoms with E-state index in [4.69, 9.17) is 4.74 Å². The number of nitrogens with zero attached hydrogens (tertiary/aromatic N) is 2. The molecular weight excluding hydrogens is 445 g/mol. The molecule has 1 N–H and O–H groups in total. The third-order valence-electron chi connectivity index (χ3n) is 5.77. The van der Waals surface area contributed by atoms with E-state index in [0.29, 0.717) is 24.5 Å². The van der Waals surface area contributed by atoms with Crippen molar-refractivity contribution in [2.45, 2.75) is 6.42 Å². The van der Waals surface area contributed by atoms with Crippen molar-refractivity contribution in [1.82, 2.24) is 10.2 Å². The Morgan fingerprint density at radius 3 is 2.51 bits per heavy atom. The largest absolute Gasteiger partial charge is 0.449 e. The maximum atomic E-state index is 14.1. The number of amides is 2. The van der Waals surface area contributed by atoms with Gasteiger partial charge in [-0.3, -0.25) is 14.5 Å². The van der Waals surface area contributed by atoms with Gasteiger partial charge in [0.2, 0.25) is 5.91 Å². The average molecular weight is 474 g/mol. The Hall–Kier alpha value is -3.97. The van der Waals surface area contributed by atoms with Crippen LogP contribution in [0, 0.1) is 5.82 Å². The van der Waals surface area contributed by atoms with Gasteiger partial charge in [0.25, 0.3) is 5.91 Å². The molecule has 180 valence electrons. The van der Waals surface area contributed by atoms with Gasteiger partial charge in [0.05, 0.1) is 5.69 Å². The zero-order chi connectivity index (χ0) is 24.6. The molecule has 7 heteroatoms. The number of hydrogen-bond donors (Lipinski definition) is 1. The monoisotopic (exact) mass is 473 g/mol. The lowest BCUT2D eigenvalue weighted by atomic mass is 10.1. The average Bonchev–Trinajstić information content (AvgIpc) is 2.87. The Bertz CT molecular complexity index is 1210. The van der Waals surface area contributed by atoms with Crippen LogP contribution in [0.15, 0.2) is 84.6 Å². The Labute approximate surface area is 204 Å². The van der Waals surface area contributed by atoms with Crippen molar-refractivity contribution in [3.8, 4) is 5.75 Å². The number of carbonyl (C=O) groups is 2. The maximum Gasteiger partial charge on any atom is 0.294 e. The smallest absolute Gasteiger partial charge is 0.294 e. The minimum atomic E-state index is -0.498. The molecule has 2 amide bonds. The van der Waals surface area contributed by atoms with Crippen molar-refractivity contribution in [2.24, 2.45) is 0 Å². The SMILES string of the molecule is CN(CCNC(=O)CN1C(=O)C(=Cc2ccccc2F)Oc2ccccc21)CCc1ccccc1. The van der Waals surface area contributed by atoms with Crippen LogP contribution in [0.3, 0.4) is 0 Å². The number of carbonyl (C=O) groups excluding carboxylic acids is 2. The summed E-state index contributed by atoms with van der Waals surface area (Å²) in [7, 11) is 2.01. The number of rotatable bonds is 9. The molecule has 1 heterocycles. The second-order valence-corrected chi connectivity index (χ2v) is 8.38. The van der Waals surface area contributed by atoms with Crippen LogP contribution in [0.5, 0.6) is 5.75 Å². The van der Waals surface area contributed by atoms with Gasteiger partial charge in [-0.2, -0.15) is 0 Å². The lowest BCUT2D eigenvalue weighted by molar-refractivity contribution is -0.123. The van der Waals surface area contributed by atoms with E-state index in [-0.39, 0.29) is 23.8 Å². The molecule has 0 bridgehead atoms. The molecule has 0 atom stereocenters. The van der Waals surface area contributed by atoms with E-state index < -0.39 is 11.7 Å². The Kier molecular flexibility index (Phi) is 7.90. The van der Waals surface area contributed by atoms with Crippen LogP contribution in [-0.4, -0.2) is 49.9 Å². The van der Waals surface area contributed by atoms with Crippen LogP contribution in [-0.2, 0) is 16.0 Å². The normalized spacial score (nSPS) is 14.1. The fraction of sp³-hybridized carbons (Fsp3) is 0.214. The molecule has 0 saturated carbocycles. The quantitative estimate of drug-likeness (QED) is 0.479.